The molecule has 0 saturated carbocycles. The fourth-order valence-corrected chi connectivity index (χ4v) is 5.58. The van der Waals surface area contributed by atoms with Crippen molar-refractivity contribution in [2.75, 3.05) is 24.9 Å². The number of allylic oxidation sites excluding steroid dienone is 1. The highest BCUT2D eigenvalue weighted by Gasteiger charge is 2.36. The normalized spacial score (nSPS) is 18.4. The average molecular weight is 503 g/mol. The first-order valence-corrected chi connectivity index (χ1v) is 12.9. The van der Waals surface area contributed by atoms with Crippen molar-refractivity contribution in [2.24, 2.45) is 0 Å². The van der Waals surface area contributed by atoms with Crippen molar-refractivity contribution in [2.45, 2.75) is 24.8 Å². The van der Waals surface area contributed by atoms with E-state index in [0.717, 1.165) is 45.8 Å². The standard InChI is InChI=1S/C33H30N2O3/c1-37-30-17-16-24(20-31(30)38-2)25-18-28-32(29(36)19-25)33(35-27-11-7-6-10-26(27)34-28)23-14-12-22(13-15-23)21-8-4-3-5-9-21/h3-17,20,25,33-35H,18-19H2,1-2H3/t25-,33-/m0/s1. The first kappa shape index (κ1) is 23.9. The number of anilines is 2. The highest BCUT2D eigenvalue weighted by atomic mass is 16.5. The second kappa shape index (κ2) is 10.1. The Bertz CT molecular complexity index is 1510. The lowest BCUT2D eigenvalue weighted by Crippen LogP contribution is -2.26. The summed E-state index contributed by atoms with van der Waals surface area (Å²) in [6, 6.07) is 32.7. The van der Waals surface area contributed by atoms with Gasteiger partial charge in [0.1, 0.15) is 0 Å². The third-order valence-electron chi connectivity index (χ3n) is 7.54. The van der Waals surface area contributed by atoms with Crippen LogP contribution in [0, 0.1) is 0 Å². The van der Waals surface area contributed by atoms with Crippen molar-refractivity contribution in [3.63, 3.8) is 0 Å². The van der Waals surface area contributed by atoms with Crippen molar-refractivity contribution in [1.29, 1.82) is 0 Å². The lowest BCUT2D eigenvalue weighted by Gasteiger charge is -2.30. The number of ether oxygens (including phenoxy) is 2. The number of carbonyl (C=O) groups excluding carboxylic acids is 1. The number of hydrogen-bond acceptors (Lipinski definition) is 5. The summed E-state index contributed by atoms with van der Waals surface area (Å²) < 4.78 is 11.0. The number of methoxy groups -OCH3 is 2. The smallest absolute Gasteiger partial charge is 0.163 e. The summed E-state index contributed by atoms with van der Waals surface area (Å²) in [7, 11) is 3.27. The molecular weight excluding hydrogens is 472 g/mol. The maximum Gasteiger partial charge on any atom is 0.163 e. The second-order valence-corrected chi connectivity index (χ2v) is 9.77. The van der Waals surface area contributed by atoms with Gasteiger partial charge in [-0.15, -0.1) is 0 Å². The first-order chi connectivity index (χ1) is 18.6. The van der Waals surface area contributed by atoms with Gasteiger partial charge in [-0.25, -0.2) is 0 Å². The molecule has 5 nitrogen and oxygen atoms in total. The van der Waals surface area contributed by atoms with Gasteiger partial charge in [-0.2, -0.15) is 0 Å². The summed E-state index contributed by atoms with van der Waals surface area (Å²) in [6.07, 6.45) is 1.16. The third kappa shape index (κ3) is 4.41. The van der Waals surface area contributed by atoms with Gasteiger partial charge in [0.2, 0.25) is 0 Å². The molecule has 6 rings (SSSR count). The molecule has 0 amide bonds. The molecule has 2 aliphatic rings. The Morgan fingerprint density at radius 2 is 1.34 bits per heavy atom. The quantitative estimate of drug-likeness (QED) is 0.299. The molecule has 5 heteroatoms. The molecule has 190 valence electrons. The number of hydrogen-bond donors (Lipinski definition) is 2. The maximum atomic E-state index is 13.9. The molecule has 1 aliphatic carbocycles. The van der Waals surface area contributed by atoms with Gasteiger partial charge in [0.15, 0.2) is 17.3 Å². The highest BCUT2D eigenvalue weighted by Crippen LogP contribution is 2.45. The fourth-order valence-electron chi connectivity index (χ4n) is 5.58. The summed E-state index contributed by atoms with van der Waals surface area (Å²) >= 11 is 0. The van der Waals surface area contributed by atoms with E-state index in [4.69, 9.17) is 9.47 Å². The van der Waals surface area contributed by atoms with E-state index in [2.05, 4.69) is 59.2 Å². The molecule has 0 radical (unpaired) electrons. The summed E-state index contributed by atoms with van der Waals surface area (Å²) in [4.78, 5) is 13.9. The minimum Gasteiger partial charge on any atom is -0.493 e. The van der Waals surface area contributed by atoms with Crippen LogP contribution >= 0.6 is 0 Å². The molecule has 0 spiro atoms. The summed E-state index contributed by atoms with van der Waals surface area (Å²) in [5.41, 5.74) is 8.19. The number of carbonyl (C=O) groups is 1. The SMILES string of the molecule is COc1ccc([C@@H]2CC(=O)C3=C(C2)Nc2ccccc2N[C@H]3c2ccc(-c3ccccc3)cc2)cc1OC. The van der Waals surface area contributed by atoms with Gasteiger partial charge < -0.3 is 20.1 Å². The summed E-state index contributed by atoms with van der Waals surface area (Å²) in [6.45, 7) is 0. The molecule has 0 unspecified atom stereocenters. The van der Waals surface area contributed by atoms with E-state index in [0.29, 0.717) is 17.9 Å². The van der Waals surface area contributed by atoms with Gasteiger partial charge in [-0.1, -0.05) is 72.8 Å². The Kier molecular flexibility index (Phi) is 6.34. The minimum absolute atomic E-state index is 0.0416. The van der Waals surface area contributed by atoms with Crippen molar-refractivity contribution < 1.29 is 14.3 Å². The van der Waals surface area contributed by atoms with E-state index in [9.17, 15) is 4.79 Å². The molecule has 4 aromatic carbocycles. The molecule has 2 N–H and O–H groups in total. The van der Waals surface area contributed by atoms with E-state index >= 15 is 0 Å². The topological polar surface area (TPSA) is 59.6 Å². The molecular formula is C33H30N2O3. The van der Waals surface area contributed by atoms with Gasteiger partial charge in [-0.3, -0.25) is 4.79 Å². The van der Waals surface area contributed by atoms with Gasteiger partial charge in [0, 0.05) is 17.7 Å². The Labute approximate surface area is 223 Å². The zero-order valence-corrected chi connectivity index (χ0v) is 21.5. The predicted molar refractivity (Wildman–Crippen MR) is 152 cm³/mol. The van der Waals surface area contributed by atoms with E-state index in [1.54, 1.807) is 14.2 Å². The van der Waals surface area contributed by atoms with Crippen LogP contribution in [0.4, 0.5) is 11.4 Å². The van der Waals surface area contributed by atoms with Gasteiger partial charge in [0.25, 0.3) is 0 Å². The number of ketones is 1. The van der Waals surface area contributed by atoms with Crippen LogP contribution in [0.1, 0.15) is 35.9 Å². The lowest BCUT2D eigenvalue weighted by atomic mass is 9.78. The molecule has 0 aromatic heterocycles. The van der Waals surface area contributed by atoms with Crippen LogP contribution < -0.4 is 20.1 Å². The van der Waals surface area contributed by atoms with Gasteiger partial charge in [0.05, 0.1) is 31.6 Å². The first-order valence-electron chi connectivity index (χ1n) is 12.9. The number of para-hydroxylation sites is 2. The number of benzene rings is 4. The van der Waals surface area contributed by atoms with E-state index in [-0.39, 0.29) is 17.7 Å². The van der Waals surface area contributed by atoms with Gasteiger partial charge >= 0.3 is 0 Å². The van der Waals surface area contributed by atoms with Crippen molar-refractivity contribution in [3.05, 3.63) is 119 Å². The molecule has 0 fully saturated rings. The van der Waals surface area contributed by atoms with E-state index < -0.39 is 0 Å². The highest BCUT2D eigenvalue weighted by molar-refractivity contribution is 6.01. The van der Waals surface area contributed by atoms with Crippen molar-refractivity contribution in [3.8, 4) is 22.6 Å². The predicted octanol–water partition coefficient (Wildman–Crippen LogP) is 7.35. The van der Waals surface area contributed by atoms with Crippen LogP contribution in [0.15, 0.2) is 108 Å². The van der Waals surface area contributed by atoms with Crippen LogP contribution in [0.3, 0.4) is 0 Å². The monoisotopic (exact) mass is 502 g/mol. The average Bonchev–Trinajstić information content (AvgIpc) is 3.14. The number of rotatable bonds is 5. The number of fused-ring (bicyclic) bond motifs is 1. The summed E-state index contributed by atoms with van der Waals surface area (Å²) in [5.74, 6) is 1.55. The molecule has 1 aliphatic heterocycles. The van der Waals surface area contributed by atoms with E-state index in [1.165, 1.54) is 5.56 Å². The molecule has 2 atom stereocenters. The Morgan fingerprint density at radius 3 is 2.08 bits per heavy atom. The zero-order valence-electron chi connectivity index (χ0n) is 21.5. The maximum absolute atomic E-state index is 13.9. The van der Waals surface area contributed by atoms with Crippen LogP contribution in [0.5, 0.6) is 11.5 Å². The number of nitrogens with one attached hydrogen (secondary N) is 2. The van der Waals surface area contributed by atoms with Crippen molar-refractivity contribution in [1.82, 2.24) is 0 Å². The van der Waals surface area contributed by atoms with Gasteiger partial charge in [-0.05, 0) is 58.9 Å². The summed E-state index contributed by atoms with van der Waals surface area (Å²) in [5, 5.41) is 7.29. The Morgan fingerprint density at radius 1 is 0.684 bits per heavy atom. The zero-order chi connectivity index (χ0) is 26.1. The molecule has 0 saturated heterocycles. The van der Waals surface area contributed by atoms with Crippen LogP contribution in [0.2, 0.25) is 0 Å². The van der Waals surface area contributed by atoms with Crippen LogP contribution in [0.25, 0.3) is 11.1 Å². The molecule has 4 aromatic rings. The van der Waals surface area contributed by atoms with Crippen LogP contribution in [-0.2, 0) is 4.79 Å². The third-order valence-corrected chi connectivity index (χ3v) is 7.54. The largest absolute Gasteiger partial charge is 0.493 e. The lowest BCUT2D eigenvalue weighted by molar-refractivity contribution is -0.116. The number of Topliss-reactive ketones (excluding diaryl/α,β-unsaturated/α-hetero) is 1. The minimum atomic E-state index is -0.246. The molecule has 38 heavy (non-hydrogen) atoms. The fraction of sp³-hybridized carbons (Fsp3) is 0.182. The van der Waals surface area contributed by atoms with E-state index in [1.807, 2.05) is 48.5 Å². The molecule has 1 heterocycles. The second-order valence-electron chi connectivity index (χ2n) is 9.77. The van der Waals surface area contributed by atoms with Crippen molar-refractivity contribution >= 4 is 17.2 Å². The molecule has 0 bridgehead atoms. The Hall–Kier alpha value is -4.51. The van der Waals surface area contributed by atoms with Crippen LogP contribution in [-0.4, -0.2) is 20.0 Å². The Balaban J connectivity index is 1.39.